The summed E-state index contributed by atoms with van der Waals surface area (Å²) in [5.41, 5.74) is 9.66. The summed E-state index contributed by atoms with van der Waals surface area (Å²) in [5, 5.41) is -1.28. The summed E-state index contributed by atoms with van der Waals surface area (Å²) >= 11 is 0. The molecular formula is C4H10N2O4S. The summed E-state index contributed by atoms with van der Waals surface area (Å²) in [5.74, 6) is -0.807. The van der Waals surface area contributed by atoms with E-state index < -0.39 is 27.7 Å². The quantitative estimate of drug-likeness (QED) is 0.437. The molecule has 66 valence electrons. The average molecular weight is 182 g/mol. The lowest BCUT2D eigenvalue weighted by Crippen LogP contribution is -2.33. The molecule has 1 unspecified atom stereocenters. The Hall–Kier alpha value is -0.660. The number of carbonyl (C=O) groups excluding carboxylic acids is 1. The minimum Gasteiger partial charge on any atom is -0.370 e. The van der Waals surface area contributed by atoms with Crippen LogP contribution < -0.4 is 11.5 Å². The fourth-order valence-electron chi connectivity index (χ4n) is 0.535. The van der Waals surface area contributed by atoms with E-state index in [0.29, 0.717) is 0 Å². The second-order valence-electron chi connectivity index (χ2n) is 2.04. The molecule has 0 spiro atoms. The van der Waals surface area contributed by atoms with Gasteiger partial charge in [-0.25, -0.2) is 0 Å². The number of rotatable bonds is 4. The zero-order chi connectivity index (χ0) is 9.07. The standard InChI is InChI=1S/C4H10N2O4S/c5-2-3(1-4(6)7)11(8,9)10/h3H,1-2,5H2,(H2,6,7)(H,8,9,10). The molecule has 0 aromatic heterocycles. The molecule has 0 aromatic rings. The molecule has 1 atom stereocenters. The molecule has 0 saturated heterocycles. The molecule has 11 heavy (non-hydrogen) atoms. The van der Waals surface area contributed by atoms with Gasteiger partial charge >= 0.3 is 0 Å². The summed E-state index contributed by atoms with van der Waals surface area (Å²) in [6, 6.07) is 0. The number of amides is 1. The van der Waals surface area contributed by atoms with Gasteiger partial charge in [0.25, 0.3) is 10.1 Å². The fraction of sp³-hybridized carbons (Fsp3) is 0.750. The number of primary amides is 1. The predicted octanol–water partition coefficient (Wildman–Crippen LogP) is -1.92. The van der Waals surface area contributed by atoms with Gasteiger partial charge in [0.2, 0.25) is 5.91 Å². The SMILES string of the molecule is NCC(CC(N)=O)S(=O)(=O)O. The van der Waals surface area contributed by atoms with Gasteiger partial charge in [-0.2, -0.15) is 8.42 Å². The fourth-order valence-corrected chi connectivity index (χ4v) is 1.15. The van der Waals surface area contributed by atoms with Gasteiger partial charge in [0.15, 0.2) is 0 Å². The highest BCUT2D eigenvalue weighted by Gasteiger charge is 2.22. The van der Waals surface area contributed by atoms with Gasteiger partial charge in [0.05, 0.1) is 0 Å². The number of hydrogen-bond donors (Lipinski definition) is 3. The van der Waals surface area contributed by atoms with Crippen LogP contribution in [0.15, 0.2) is 0 Å². The van der Waals surface area contributed by atoms with Crippen molar-refractivity contribution in [2.75, 3.05) is 6.54 Å². The lowest BCUT2D eigenvalue weighted by molar-refractivity contribution is -0.118. The Bertz CT molecular complexity index is 234. The van der Waals surface area contributed by atoms with Gasteiger partial charge in [0, 0.05) is 13.0 Å². The van der Waals surface area contributed by atoms with E-state index in [-0.39, 0.29) is 6.54 Å². The van der Waals surface area contributed by atoms with Crippen molar-refractivity contribution in [1.82, 2.24) is 0 Å². The first-order valence-electron chi connectivity index (χ1n) is 2.82. The second-order valence-corrected chi connectivity index (χ2v) is 3.74. The van der Waals surface area contributed by atoms with Gasteiger partial charge in [-0.3, -0.25) is 9.35 Å². The lowest BCUT2D eigenvalue weighted by Gasteiger charge is -2.07. The summed E-state index contributed by atoms with van der Waals surface area (Å²) in [4.78, 5) is 10.2. The Kier molecular flexibility index (Phi) is 3.43. The van der Waals surface area contributed by atoms with Crippen LogP contribution in [0.4, 0.5) is 0 Å². The van der Waals surface area contributed by atoms with E-state index in [1.807, 2.05) is 0 Å². The lowest BCUT2D eigenvalue weighted by atomic mass is 10.3. The molecule has 0 bridgehead atoms. The highest BCUT2D eigenvalue weighted by Crippen LogP contribution is 2.00. The third kappa shape index (κ3) is 3.91. The average Bonchev–Trinajstić information content (AvgIpc) is 1.79. The van der Waals surface area contributed by atoms with Crippen molar-refractivity contribution in [3.63, 3.8) is 0 Å². The van der Waals surface area contributed by atoms with Crippen molar-refractivity contribution >= 4 is 16.0 Å². The van der Waals surface area contributed by atoms with E-state index in [0.717, 1.165) is 0 Å². The van der Waals surface area contributed by atoms with Crippen LogP contribution in [-0.2, 0) is 14.9 Å². The van der Waals surface area contributed by atoms with E-state index in [1.54, 1.807) is 0 Å². The molecule has 0 aliphatic rings. The minimum absolute atomic E-state index is 0.318. The molecule has 0 radical (unpaired) electrons. The number of carbonyl (C=O) groups is 1. The van der Waals surface area contributed by atoms with Gasteiger partial charge in [-0.15, -0.1) is 0 Å². The molecule has 1 amide bonds. The highest BCUT2D eigenvalue weighted by atomic mass is 32.2. The number of hydrogen-bond acceptors (Lipinski definition) is 4. The molecule has 0 heterocycles. The van der Waals surface area contributed by atoms with Gasteiger partial charge in [-0.05, 0) is 0 Å². The van der Waals surface area contributed by atoms with Crippen molar-refractivity contribution in [3.8, 4) is 0 Å². The normalized spacial score (nSPS) is 14.4. The molecule has 0 aliphatic carbocycles. The van der Waals surface area contributed by atoms with Crippen LogP contribution in [0.3, 0.4) is 0 Å². The minimum atomic E-state index is -4.24. The molecule has 5 N–H and O–H groups in total. The van der Waals surface area contributed by atoms with Crippen molar-refractivity contribution in [1.29, 1.82) is 0 Å². The van der Waals surface area contributed by atoms with Gasteiger partial charge in [0.1, 0.15) is 5.25 Å². The van der Waals surface area contributed by atoms with Crippen LogP contribution in [0.2, 0.25) is 0 Å². The van der Waals surface area contributed by atoms with Crippen LogP contribution in [-0.4, -0.2) is 30.7 Å². The van der Waals surface area contributed by atoms with Gasteiger partial charge in [-0.1, -0.05) is 0 Å². The van der Waals surface area contributed by atoms with E-state index in [2.05, 4.69) is 0 Å². The Morgan fingerprint density at radius 2 is 2.00 bits per heavy atom. The maximum Gasteiger partial charge on any atom is 0.269 e. The summed E-state index contributed by atoms with van der Waals surface area (Å²) < 4.78 is 29.1. The maximum absolute atomic E-state index is 10.4. The van der Waals surface area contributed by atoms with Gasteiger partial charge < -0.3 is 11.5 Å². The molecule has 0 aliphatic heterocycles. The third-order valence-electron chi connectivity index (χ3n) is 1.11. The zero-order valence-corrected chi connectivity index (χ0v) is 6.54. The number of nitrogens with two attached hydrogens (primary N) is 2. The second kappa shape index (κ2) is 3.65. The maximum atomic E-state index is 10.4. The van der Waals surface area contributed by atoms with Crippen LogP contribution in [0.1, 0.15) is 6.42 Å². The van der Waals surface area contributed by atoms with Crippen LogP contribution >= 0.6 is 0 Å². The molecule has 7 heteroatoms. The molecule has 0 rings (SSSR count). The van der Waals surface area contributed by atoms with E-state index in [4.69, 9.17) is 16.0 Å². The molecule has 0 aromatic carbocycles. The summed E-state index contributed by atoms with van der Waals surface area (Å²) in [6.07, 6.45) is -0.449. The molecular weight excluding hydrogens is 172 g/mol. The van der Waals surface area contributed by atoms with Crippen LogP contribution in [0, 0.1) is 0 Å². The Morgan fingerprint density at radius 3 is 2.09 bits per heavy atom. The third-order valence-corrected chi connectivity index (χ3v) is 2.31. The van der Waals surface area contributed by atoms with E-state index >= 15 is 0 Å². The largest absolute Gasteiger partial charge is 0.370 e. The Morgan fingerprint density at radius 1 is 1.55 bits per heavy atom. The molecule has 6 nitrogen and oxygen atoms in total. The monoisotopic (exact) mass is 182 g/mol. The summed E-state index contributed by atoms with van der Waals surface area (Å²) in [6.45, 7) is -0.318. The van der Waals surface area contributed by atoms with Crippen molar-refractivity contribution < 1.29 is 17.8 Å². The predicted molar refractivity (Wildman–Crippen MR) is 38.2 cm³/mol. The Labute approximate surface area is 64.3 Å². The van der Waals surface area contributed by atoms with E-state index in [1.165, 1.54) is 0 Å². The van der Waals surface area contributed by atoms with Crippen LogP contribution in [0.5, 0.6) is 0 Å². The molecule has 0 fully saturated rings. The van der Waals surface area contributed by atoms with Crippen molar-refractivity contribution in [2.45, 2.75) is 11.7 Å². The topological polar surface area (TPSA) is 123 Å². The zero-order valence-electron chi connectivity index (χ0n) is 5.73. The van der Waals surface area contributed by atoms with Crippen molar-refractivity contribution in [2.24, 2.45) is 11.5 Å². The molecule has 0 saturated carbocycles. The van der Waals surface area contributed by atoms with E-state index in [9.17, 15) is 13.2 Å². The summed E-state index contributed by atoms with van der Waals surface area (Å²) in [7, 11) is -4.24. The smallest absolute Gasteiger partial charge is 0.269 e. The highest BCUT2D eigenvalue weighted by molar-refractivity contribution is 7.86. The Balaban J connectivity index is 4.31. The van der Waals surface area contributed by atoms with Crippen LogP contribution in [0.25, 0.3) is 0 Å². The van der Waals surface area contributed by atoms with Crippen molar-refractivity contribution in [3.05, 3.63) is 0 Å². The first-order chi connectivity index (χ1) is 4.88. The first-order valence-corrected chi connectivity index (χ1v) is 4.33. The first kappa shape index (κ1) is 10.3.